The summed E-state index contributed by atoms with van der Waals surface area (Å²) in [5, 5.41) is -0.0468. The molecule has 0 aromatic heterocycles. The van der Waals surface area contributed by atoms with Crippen molar-refractivity contribution in [3.05, 3.63) is 0 Å². The molecule has 1 heterocycles. The van der Waals surface area contributed by atoms with Gasteiger partial charge in [0.1, 0.15) is 6.10 Å². The molecule has 0 spiro atoms. The van der Waals surface area contributed by atoms with Crippen LogP contribution in [0.5, 0.6) is 0 Å². The number of esters is 3. The molecular formula is C19H34O9Si. The third kappa shape index (κ3) is 7.05. The normalized spacial score (nSPS) is 27.8. The monoisotopic (exact) mass is 434 g/mol. The molecule has 1 aliphatic rings. The van der Waals surface area contributed by atoms with Gasteiger partial charge in [-0.25, -0.2) is 0 Å². The molecule has 10 heteroatoms. The lowest BCUT2D eigenvalue weighted by Gasteiger charge is -2.45. The van der Waals surface area contributed by atoms with Crippen LogP contribution >= 0.6 is 0 Å². The van der Waals surface area contributed by atoms with Crippen molar-refractivity contribution >= 4 is 26.2 Å². The molecule has 29 heavy (non-hydrogen) atoms. The van der Waals surface area contributed by atoms with Crippen LogP contribution in [0.3, 0.4) is 0 Å². The molecule has 5 atom stereocenters. The first-order valence-corrected chi connectivity index (χ1v) is 12.4. The van der Waals surface area contributed by atoms with Gasteiger partial charge < -0.3 is 28.1 Å². The number of hydrogen-bond donors (Lipinski definition) is 0. The van der Waals surface area contributed by atoms with Crippen LogP contribution < -0.4 is 0 Å². The van der Waals surface area contributed by atoms with Crippen molar-refractivity contribution in [3.8, 4) is 0 Å². The third-order valence-corrected chi connectivity index (χ3v) is 9.64. The summed E-state index contributed by atoms with van der Waals surface area (Å²) in [7, 11) is -0.763. The summed E-state index contributed by atoms with van der Waals surface area (Å²) in [6.07, 6.45) is -5.05. The lowest BCUT2D eigenvalue weighted by atomic mass is 9.98. The summed E-state index contributed by atoms with van der Waals surface area (Å²) in [4.78, 5) is 35.0. The average Bonchev–Trinajstić information content (AvgIpc) is 2.54. The highest BCUT2D eigenvalue weighted by Crippen LogP contribution is 2.37. The quantitative estimate of drug-likeness (QED) is 0.338. The molecule has 1 rings (SSSR count). The minimum atomic E-state index is -2.14. The van der Waals surface area contributed by atoms with Crippen molar-refractivity contribution in [1.82, 2.24) is 0 Å². The summed E-state index contributed by atoms with van der Waals surface area (Å²) in [5.74, 6) is -1.83. The number of carbonyl (C=O) groups excluding carboxylic acids is 3. The van der Waals surface area contributed by atoms with E-state index >= 15 is 0 Å². The van der Waals surface area contributed by atoms with E-state index in [1.54, 1.807) is 0 Å². The summed E-state index contributed by atoms with van der Waals surface area (Å²) < 4.78 is 33.5. The molecule has 0 aromatic rings. The molecule has 1 saturated heterocycles. The van der Waals surface area contributed by atoms with Gasteiger partial charge in [0.05, 0.1) is 6.61 Å². The van der Waals surface area contributed by atoms with E-state index in [1.165, 1.54) is 27.9 Å². The van der Waals surface area contributed by atoms with Gasteiger partial charge in [-0.05, 0) is 18.1 Å². The van der Waals surface area contributed by atoms with Crippen molar-refractivity contribution in [1.29, 1.82) is 0 Å². The Morgan fingerprint density at radius 1 is 0.862 bits per heavy atom. The van der Waals surface area contributed by atoms with E-state index in [0.717, 1.165) is 0 Å². The minimum absolute atomic E-state index is 0.0468. The summed E-state index contributed by atoms with van der Waals surface area (Å²) in [6.45, 7) is 14.2. The van der Waals surface area contributed by atoms with Gasteiger partial charge in [0.15, 0.2) is 32.9 Å². The Hall–Kier alpha value is -1.49. The second-order valence-electron chi connectivity index (χ2n) is 8.57. The molecule has 2 unspecified atom stereocenters. The Balaban J connectivity index is 3.23. The Labute approximate surface area is 173 Å². The number of ether oxygens (including phenoxy) is 5. The molecule has 0 aromatic carbocycles. The largest absolute Gasteiger partial charge is 0.456 e. The van der Waals surface area contributed by atoms with Crippen LogP contribution in [0.4, 0.5) is 0 Å². The van der Waals surface area contributed by atoms with Gasteiger partial charge in [-0.1, -0.05) is 20.8 Å². The Morgan fingerprint density at radius 3 is 1.72 bits per heavy atom. The lowest BCUT2D eigenvalue weighted by Crippen LogP contribution is -2.63. The van der Waals surface area contributed by atoms with E-state index < -0.39 is 56.9 Å². The van der Waals surface area contributed by atoms with E-state index in [0.29, 0.717) is 0 Å². The maximum absolute atomic E-state index is 11.7. The van der Waals surface area contributed by atoms with Crippen LogP contribution in [-0.4, -0.2) is 70.6 Å². The highest BCUT2D eigenvalue weighted by atomic mass is 28.4. The lowest BCUT2D eigenvalue weighted by molar-refractivity contribution is -0.301. The predicted octanol–water partition coefficient (Wildman–Crippen LogP) is 2.17. The van der Waals surface area contributed by atoms with Crippen LogP contribution in [-0.2, 0) is 42.5 Å². The minimum Gasteiger partial charge on any atom is -0.456 e. The number of rotatable bonds is 7. The van der Waals surface area contributed by atoms with Crippen molar-refractivity contribution in [2.24, 2.45) is 0 Å². The zero-order valence-corrected chi connectivity index (χ0v) is 19.8. The molecule has 1 fully saturated rings. The fourth-order valence-corrected chi connectivity index (χ4v) is 3.70. The zero-order valence-electron chi connectivity index (χ0n) is 18.8. The van der Waals surface area contributed by atoms with Crippen molar-refractivity contribution in [2.45, 2.75) is 90.4 Å². The number of methoxy groups -OCH3 is 1. The smallest absolute Gasteiger partial charge is 0.303 e. The molecular weight excluding hydrogens is 400 g/mol. The first-order chi connectivity index (χ1) is 13.2. The fraction of sp³-hybridized carbons (Fsp3) is 0.842. The van der Waals surface area contributed by atoms with Gasteiger partial charge in [-0.15, -0.1) is 0 Å². The summed E-state index contributed by atoms with van der Waals surface area (Å²) >= 11 is 0. The molecule has 0 N–H and O–H groups in total. The van der Waals surface area contributed by atoms with E-state index in [1.807, 2.05) is 0 Å². The molecule has 9 nitrogen and oxygen atoms in total. The van der Waals surface area contributed by atoms with Gasteiger partial charge in [0, 0.05) is 27.9 Å². The maximum Gasteiger partial charge on any atom is 0.303 e. The Bertz CT molecular complexity index is 599. The summed E-state index contributed by atoms with van der Waals surface area (Å²) in [6, 6.07) is 0. The fourth-order valence-electron chi connectivity index (χ4n) is 2.69. The van der Waals surface area contributed by atoms with Gasteiger partial charge in [0.2, 0.25) is 0 Å². The van der Waals surface area contributed by atoms with E-state index in [9.17, 15) is 14.4 Å². The van der Waals surface area contributed by atoms with Crippen molar-refractivity contribution in [2.75, 3.05) is 13.7 Å². The average molecular weight is 435 g/mol. The van der Waals surface area contributed by atoms with Crippen LogP contribution in [0.25, 0.3) is 0 Å². The highest BCUT2D eigenvalue weighted by molar-refractivity contribution is 6.74. The first kappa shape index (κ1) is 25.5. The standard InChI is InChI=1S/C19H34O9Si/c1-11(20)25-15-14(10-24-29(8,9)19(4,5)6)28-18(23-7)17(27-13(3)22)16(15)26-12(2)21/h14-18H,10H2,1-9H3/t14?,15-,16+,17?,18-/m0/s1. The topological polar surface area (TPSA) is 107 Å². The molecule has 0 bridgehead atoms. The SMILES string of the molecule is CO[C@H]1OC(CO[Si](C)(C)C(C)(C)C)[C@H](OC(C)=O)[C@@H](OC(C)=O)C1OC(C)=O. The third-order valence-electron chi connectivity index (χ3n) is 5.14. The van der Waals surface area contributed by atoms with Crippen molar-refractivity contribution in [3.63, 3.8) is 0 Å². The number of hydrogen-bond acceptors (Lipinski definition) is 9. The van der Waals surface area contributed by atoms with Crippen LogP contribution in [0.2, 0.25) is 18.1 Å². The van der Waals surface area contributed by atoms with Crippen LogP contribution in [0.15, 0.2) is 0 Å². The van der Waals surface area contributed by atoms with E-state index in [4.69, 9.17) is 28.1 Å². The highest BCUT2D eigenvalue weighted by Gasteiger charge is 2.52. The van der Waals surface area contributed by atoms with Gasteiger partial charge in [-0.2, -0.15) is 0 Å². The number of carbonyl (C=O) groups is 3. The van der Waals surface area contributed by atoms with E-state index in [-0.39, 0.29) is 11.6 Å². The Kier molecular flexibility index (Phi) is 8.82. The molecule has 0 aliphatic carbocycles. The molecule has 0 saturated carbocycles. The summed E-state index contributed by atoms with van der Waals surface area (Å²) in [5.41, 5.74) is 0. The van der Waals surface area contributed by atoms with Gasteiger partial charge in [-0.3, -0.25) is 14.4 Å². The second-order valence-corrected chi connectivity index (χ2v) is 13.4. The van der Waals surface area contributed by atoms with Crippen LogP contribution in [0.1, 0.15) is 41.5 Å². The Morgan fingerprint density at radius 2 is 1.31 bits per heavy atom. The van der Waals surface area contributed by atoms with Crippen LogP contribution in [0, 0.1) is 0 Å². The van der Waals surface area contributed by atoms with Gasteiger partial charge in [0.25, 0.3) is 0 Å². The van der Waals surface area contributed by atoms with E-state index in [2.05, 4.69) is 33.9 Å². The zero-order chi connectivity index (χ0) is 22.6. The molecule has 168 valence electrons. The molecule has 0 radical (unpaired) electrons. The van der Waals surface area contributed by atoms with Gasteiger partial charge >= 0.3 is 17.9 Å². The maximum atomic E-state index is 11.7. The molecule has 0 amide bonds. The predicted molar refractivity (Wildman–Crippen MR) is 105 cm³/mol. The molecule has 1 aliphatic heterocycles. The second kappa shape index (κ2) is 10.0. The first-order valence-electron chi connectivity index (χ1n) is 9.53. The van der Waals surface area contributed by atoms with Crippen molar-refractivity contribution < 1.29 is 42.5 Å².